The van der Waals surface area contributed by atoms with Crippen molar-refractivity contribution >= 4 is 75.7 Å². The van der Waals surface area contributed by atoms with E-state index in [1.54, 1.807) is 24.3 Å². The van der Waals surface area contributed by atoms with Crippen LogP contribution in [0.15, 0.2) is 114 Å². The minimum Gasteiger partial charge on any atom is -0.403 e. The van der Waals surface area contributed by atoms with Crippen LogP contribution in [0.1, 0.15) is 31.9 Å². The van der Waals surface area contributed by atoms with Gasteiger partial charge in [0.1, 0.15) is 0 Å². The molecule has 0 saturated heterocycles. The zero-order valence-electron chi connectivity index (χ0n) is 27.5. The molecule has 0 spiro atoms. The van der Waals surface area contributed by atoms with Crippen molar-refractivity contribution in [3.05, 3.63) is 130 Å². The first-order valence-electron chi connectivity index (χ1n) is 15.7. The number of nitrogens with zero attached hydrogens (tertiary/aromatic N) is 4. The van der Waals surface area contributed by atoms with Crippen LogP contribution < -0.4 is 20.2 Å². The zero-order valence-corrected chi connectivity index (χ0v) is 30.8. The van der Waals surface area contributed by atoms with Crippen molar-refractivity contribution in [1.29, 1.82) is 0 Å². The number of hydrogen-bond donors (Lipinski definition) is 0. The normalized spacial score (nSPS) is 14.2. The van der Waals surface area contributed by atoms with Crippen LogP contribution in [0.3, 0.4) is 0 Å². The number of urea groups is 1. The summed E-state index contributed by atoms with van der Waals surface area (Å²) in [6, 6.07) is 32.7. The van der Waals surface area contributed by atoms with Crippen LogP contribution in [0.4, 0.5) is 22.0 Å². The first kappa shape index (κ1) is 34.8. The molecule has 1 aliphatic rings. The molecule has 4 aromatic carbocycles. The van der Waals surface area contributed by atoms with Crippen LogP contribution in [0.25, 0.3) is 0 Å². The Morgan fingerprint density at radius 1 is 0.898 bits per heavy atom. The van der Waals surface area contributed by atoms with Gasteiger partial charge in [-0.15, -0.1) is 0 Å². The van der Waals surface area contributed by atoms with Gasteiger partial charge in [0.2, 0.25) is 15.0 Å². The molecule has 6 rings (SSSR count). The van der Waals surface area contributed by atoms with Gasteiger partial charge < -0.3 is 4.43 Å². The van der Waals surface area contributed by atoms with Gasteiger partial charge in [0, 0.05) is 23.0 Å². The number of benzene rings is 4. The second-order valence-electron chi connectivity index (χ2n) is 13.0. The third-order valence-electron chi connectivity index (χ3n) is 8.20. The lowest BCUT2D eigenvalue weighted by molar-refractivity contribution is 0.0897. The summed E-state index contributed by atoms with van der Waals surface area (Å²) in [5.74, 6) is 0.196. The summed E-state index contributed by atoms with van der Waals surface area (Å²) in [5, 5.41) is 2.67. The molecule has 0 N–H and O–H groups in total. The van der Waals surface area contributed by atoms with Crippen LogP contribution in [-0.2, 0) is 27.2 Å². The molecular formula is C37H35Cl2N4O4SSi. The quantitative estimate of drug-likeness (QED) is 0.117. The fraction of sp³-hybridized carbons (Fsp3) is 0.216. The van der Waals surface area contributed by atoms with Crippen LogP contribution >= 0.6 is 23.2 Å². The van der Waals surface area contributed by atoms with Crippen LogP contribution in [0.2, 0.25) is 10.0 Å². The molecule has 1 aromatic heterocycles. The molecule has 12 heteroatoms. The highest BCUT2D eigenvalue weighted by Crippen LogP contribution is 2.39. The van der Waals surface area contributed by atoms with Crippen molar-refractivity contribution in [2.75, 3.05) is 16.1 Å². The zero-order chi connectivity index (χ0) is 34.9. The number of amides is 2. The molecule has 5 aromatic rings. The number of rotatable bonds is 9. The van der Waals surface area contributed by atoms with Crippen molar-refractivity contribution in [3.63, 3.8) is 0 Å². The standard InChI is InChI=1S/C37H35Cl2N4O4SSi/c1-37(2,3)33(47-49(29-14-7-5-8-15-29)30-16-9-6-10-17-30)21-25-12-11-13-28(20-25)43-34-26(23-40-35(41-34)48(4,45)46)24-42(36(43)44)32-19-18-27(38)22-31(32)39/h5-20,22-23,33H,21,24H2,1-4H3. The summed E-state index contributed by atoms with van der Waals surface area (Å²) in [7, 11) is -5.37. The van der Waals surface area contributed by atoms with Gasteiger partial charge in [-0.25, -0.2) is 23.1 Å². The number of fused-ring (bicyclic) bond motifs is 1. The van der Waals surface area contributed by atoms with Crippen LogP contribution in [0, 0.1) is 5.41 Å². The van der Waals surface area contributed by atoms with Crippen molar-refractivity contribution in [3.8, 4) is 0 Å². The van der Waals surface area contributed by atoms with Gasteiger partial charge in [0.15, 0.2) is 5.82 Å². The fourth-order valence-corrected chi connectivity index (χ4v) is 8.95. The van der Waals surface area contributed by atoms with Gasteiger partial charge in [0.05, 0.1) is 29.0 Å². The molecule has 49 heavy (non-hydrogen) atoms. The Hall–Kier alpha value is -4.06. The van der Waals surface area contributed by atoms with Gasteiger partial charge in [-0.2, -0.15) is 4.98 Å². The molecule has 0 aliphatic carbocycles. The number of aromatic nitrogens is 2. The van der Waals surface area contributed by atoms with E-state index in [2.05, 4.69) is 55.0 Å². The predicted molar refractivity (Wildman–Crippen MR) is 198 cm³/mol. The molecule has 2 heterocycles. The lowest BCUT2D eigenvalue weighted by Gasteiger charge is -2.37. The largest absolute Gasteiger partial charge is 0.403 e. The predicted octanol–water partition coefficient (Wildman–Crippen LogP) is 7.24. The molecule has 1 radical (unpaired) electrons. The van der Waals surface area contributed by atoms with Gasteiger partial charge in [-0.3, -0.25) is 4.90 Å². The third-order valence-corrected chi connectivity index (χ3v) is 11.8. The maximum atomic E-state index is 14.4. The lowest BCUT2D eigenvalue weighted by atomic mass is 9.85. The Morgan fingerprint density at radius 2 is 1.55 bits per heavy atom. The summed E-state index contributed by atoms with van der Waals surface area (Å²) in [4.78, 5) is 25.8. The Labute approximate surface area is 299 Å². The van der Waals surface area contributed by atoms with Crippen LogP contribution in [0.5, 0.6) is 0 Å². The summed E-state index contributed by atoms with van der Waals surface area (Å²) >= 11 is 12.7. The van der Waals surface area contributed by atoms with Gasteiger partial charge >= 0.3 is 6.03 Å². The maximum absolute atomic E-state index is 14.4. The van der Waals surface area contributed by atoms with E-state index in [0.717, 1.165) is 22.2 Å². The summed E-state index contributed by atoms with van der Waals surface area (Å²) in [5.41, 5.74) is 2.22. The molecule has 8 nitrogen and oxygen atoms in total. The molecule has 0 saturated carbocycles. The molecule has 1 atom stereocenters. The Bertz CT molecular complexity index is 2060. The van der Waals surface area contributed by atoms with E-state index in [9.17, 15) is 13.2 Å². The SMILES string of the molecule is CC(C)(C)C(Cc1cccc(N2C(=O)N(c3ccc(Cl)cc3Cl)Cc3cnc(S(C)(=O)=O)nc32)c1)O[Si](c1ccccc1)c1ccccc1. The van der Waals surface area contributed by atoms with Crippen LogP contribution in [-0.4, -0.2) is 45.8 Å². The number of halogens is 2. The first-order chi connectivity index (χ1) is 23.3. The molecule has 1 unspecified atom stereocenters. The average molecular weight is 731 g/mol. The number of anilines is 3. The minimum absolute atomic E-state index is 0.0828. The van der Waals surface area contributed by atoms with Crippen molar-refractivity contribution in [1.82, 2.24) is 9.97 Å². The third kappa shape index (κ3) is 7.74. The number of sulfone groups is 1. The number of carbonyl (C=O) groups is 1. The fourth-order valence-electron chi connectivity index (χ4n) is 5.62. The lowest BCUT2D eigenvalue weighted by Crippen LogP contribution is -2.50. The second-order valence-corrected chi connectivity index (χ2v) is 17.8. The average Bonchev–Trinajstić information content (AvgIpc) is 3.06. The molecule has 2 amide bonds. The van der Waals surface area contributed by atoms with Gasteiger partial charge in [-0.1, -0.05) is 117 Å². The Kier molecular flexibility index (Phi) is 9.97. The Morgan fingerprint density at radius 3 is 2.14 bits per heavy atom. The summed E-state index contributed by atoms with van der Waals surface area (Å²) < 4.78 is 32.1. The smallest absolute Gasteiger partial charge is 0.335 e. The maximum Gasteiger partial charge on any atom is 0.335 e. The van der Waals surface area contributed by atoms with Gasteiger partial charge in [0.25, 0.3) is 9.04 Å². The summed E-state index contributed by atoms with van der Waals surface area (Å²) in [6.45, 7) is 6.58. The van der Waals surface area contributed by atoms with Crippen molar-refractivity contribution in [2.45, 2.75) is 45.0 Å². The number of hydrogen-bond acceptors (Lipinski definition) is 6. The Balaban J connectivity index is 1.40. The molecular weight excluding hydrogens is 695 g/mol. The monoisotopic (exact) mass is 729 g/mol. The molecule has 0 bridgehead atoms. The van der Waals surface area contributed by atoms with E-state index < -0.39 is 24.9 Å². The first-order valence-corrected chi connectivity index (χ1v) is 19.7. The van der Waals surface area contributed by atoms with Crippen molar-refractivity contribution < 1.29 is 17.6 Å². The highest BCUT2D eigenvalue weighted by Gasteiger charge is 2.37. The highest BCUT2D eigenvalue weighted by atomic mass is 35.5. The van der Waals surface area contributed by atoms with E-state index in [-0.39, 0.29) is 29.0 Å². The topological polar surface area (TPSA) is 92.7 Å². The minimum atomic E-state index is -3.76. The summed E-state index contributed by atoms with van der Waals surface area (Å²) in [6.07, 6.45) is 2.85. The second kappa shape index (κ2) is 14.0. The van der Waals surface area contributed by atoms with E-state index in [1.807, 2.05) is 54.6 Å². The van der Waals surface area contributed by atoms with E-state index >= 15 is 0 Å². The number of carbonyl (C=O) groups excluding carboxylic acids is 1. The highest BCUT2D eigenvalue weighted by molar-refractivity contribution is 7.90. The molecule has 0 fully saturated rings. The van der Waals surface area contributed by atoms with Gasteiger partial charge in [-0.05, 0) is 58.1 Å². The van der Waals surface area contributed by atoms with Crippen molar-refractivity contribution in [2.24, 2.45) is 5.41 Å². The van der Waals surface area contributed by atoms with E-state index in [4.69, 9.17) is 27.6 Å². The van der Waals surface area contributed by atoms with E-state index in [1.165, 1.54) is 16.0 Å². The molecule has 1 aliphatic heterocycles. The molecule has 251 valence electrons. The van der Waals surface area contributed by atoms with E-state index in [0.29, 0.717) is 33.4 Å².